The second-order valence-electron chi connectivity index (χ2n) is 8.75. The second-order valence-corrected chi connectivity index (χ2v) is 8.75. The van der Waals surface area contributed by atoms with Crippen molar-refractivity contribution in [3.05, 3.63) is 126 Å². The predicted octanol–water partition coefficient (Wildman–Crippen LogP) is 8.38. The molecule has 198 valence electrons. The van der Waals surface area contributed by atoms with Gasteiger partial charge in [-0.15, -0.1) is 0 Å². The topological polar surface area (TPSA) is 46.5 Å². The molecule has 0 radical (unpaired) electrons. The van der Waals surface area contributed by atoms with Crippen molar-refractivity contribution in [3.63, 3.8) is 0 Å². The Bertz CT molecular complexity index is 1500. The number of pyridine rings is 1. The van der Waals surface area contributed by atoms with E-state index in [4.69, 9.17) is 4.74 Å². The van der Waals surface area contributed by atoms with Gasteiger partial charge >= 0.3 is 0 Å². The molecule has 1 aliphatic rings. The molecule has 4 aromatic rings. The highest BCUT2D eigenvalue weighted by molar-refractivity contribution is 6.11. The van der Waals surface area contributed by atoms with Gasteiger partial charge in [0, 0.05) is 53.5 Å². The van der Waals surface area contributed by atoms with Crippen LogP contribution in [0.15, 0.2) is 96.6 Å². The molecule has 0 saturated heterocycles. The lowest BCUT2D eigenvalue weighted by Crippen LogP contribution is -2.12. The Kier molecular flexibility index (Phi) is 9.00. The standard InChI is InChI=1S/C31H25F2N3O.C2H6/c1-20-29(21(2)36-18-22-14-26(32)16-27(33)15-22)4-3-5-31(20)37-28-11-13-35-30(17-28)24-8-6-23(7-9-24)25-10-12-34-19-25;1-2/h3-11,13-17,19,36H,2,12,18H2,1H3;1-2H3. The molecule has 1 aliphatic heterocycles. The van der Waals surface area contributed by atoms with E-state index in [0.717, 1.165) is 46.1 Å². The number of rotatable bonds is 8. The number of aliphatic imine (C=N–C) groups is 1. The zero-order chi connectivity index (χ0) is 27.8. The van der Waals surface area contributed by atoms with Gasteiger partial charge in [0.05, 0.1) is 12.2 Å². The zero-order valence-corrected chi connectivity index (χ0v) is 22.3. The van der Waals surface area contributed by atoms with Crippen molar-refractivity contribution < 1.29 is 13.5 Å². The summed E-state index contributed by atoms with van der Waals surface area (Å²) in [4.78, 5) is 8.76. The molecule has 6 heteroatoms. The molecular formula is C33H31F2N3O. The quantitative estimate of drug-likeness (QED) is 0.252. The summed E-state index contributed by atoms with van der Waals surface area (Å²) in [5.74, 6) is 0.121. The number of nitrogens with zero attached hydrogens (tertiary/aromatic N) is 2. The molecule has 0 atom stereocenters. The molecule has 3 aromatic carbocycles. The van der Waals surface area contributed by atoms with Gasteiger partial charge in [-0.05, 0) is 47.9 Å². The van der Waals surface area contributed by atoms with Crippen LogP contribution in [0.2, 0.25) is 0 Å². The average Bonchev–Trinajstić information content (AvgIpc) is 3.49. The van der Waals surface area contributed by atoms with E-state index in [-0.39, 0.29) is 6.54 Å². The van der Waals surface area contributed by atoms with E-state index < -0.39 is 11.6 Å². The maximum absolute atomic E-state index is 13.5. The number of halogens is 2. The van der Waals surface area contributed by atoms with Crippen LogP contribution >= 0.6 is 0 Å². The number of ether oxygens (including phenoxy) is 1. The first-order valence-electron chi connectivity index (χ1n) is 12.9. The van der Waals surface area contributed by atoms with E-state index in [0.29, 0.717) is 22.8 Å². The fourth-order valence-corrected chi connectivity index (χ4v) is 4.21. The molecule has 0 bridgehead atoms. The molecule has 1 aromatic heterocycles. The SMILES string of the molecule is C=C(NCc1cc(F)cc(F)c1)c1cccc(Oc2ccnc(-c3ccc(C4=CCN=C4)cc3)c2)c1C.CC. The van der Waals surface area contributed by atoms with Crippen LogP contribution in [0.5, 0.6) is 11.5 Å². The third kappa shape index (κ3) is 6.85. The van der Waals surface area contributed by atoms with Gasteiger partial charge in [0.15, 0.2) is 0 Å². The molecule has 0 amide bonds. The number of hydrogen-bond acceptors (Lipinski definition) is 4. The Morgan fingerprint density at radius 1 is 0.949 bits per heavy atom. The average molecular weight is 524 g/mol. The van der Waals surface area contributed by atoms with Crippen molar-refractivity contribution in [2.24, 2.45) is 4.99 Å². The molecule has 4 nitrogen and oxygen atoms in total. The Morgan fingerprint density at radius 2 is 1.67 bits per heavy atom. The normalized spacial score (nSPS) is 11.9. The number of hydrogen-bond donors (Lipinski definition) is 1. The second kappa shape index (κ2) is 12.8. The molecule has 39 heavy (non-hydrogen) atoms. The number of benzene rings is 3. The highest BCUT2D eigenvalue weighted by Gasteiger charge is 2.11. The van der Waals surface area contributed by atoms with E-state index in [1.165, 1.54) is 12.1 Å². The van der Waals surface area contributed by atoms with E-state index >= 15 is 0 Å². The third-order valence-electron chi connectivity index (χ3n) is 6.16. The van der Waals surface area contributed by atoms with Crippen LogP contribution in [0.4, 0.5) is 8.78 Å². The van der Waals surface area contributed by atoms with Gasteiger partial charge in [-0.3, -0.25) is 9.98 Å². The highest BCUT2D eigenvalue weighted by atomic mass is 19.1. The molecule has 0 unspecified atom stereocenters. The van der Waals surface area contributed by atoms with Crippen molar-refractivity contribution in [3.8, 4) is 22.8 Å². The molecule has 1 N–H and O–H groups in total. The van der Waals surface area contributed by atoms with Gasteiger partial charge < -0.3 is 10.1 Å². The van der Waals surface area contributed by atoms with E-state index in [9.17, 15) is 8.78 Å². The fraction of sp³-hybridized carbons (Fsp3) is 0.152. The molecule has 2 heterocycles. The maximum Gasteiger partial charge on any atom is 0.131 e. The van der Waals surface area contributed by atoms with Gasteiger partial charge in [0.2, 0.25) is 0 Å². The highest BCUT2D eigenvalue weighted by Crippen LogP contribution is 2.31. The van der Waals surface area contributed by atoms with E-state index in [1.54, 1.807) is 6.20 Å². The lowest BCUT2D eigenvalue weighted by atomic mass is 10.0. The molecule has 5 rings (SSSR count). The fourth-order valence-electron chi connectivity index (χ4n) is 4.21. The third-order valence-corrected chi connectivity index (χ3v) is 6.16. The van der Waals surface area contributed by atoms with Crippen LogP contribution in [0.1, 0.15) is 36.1 Å². The van der Waals surface area contributed by atoms with Crippen LogP contribution in [0.25, 0.3) is 22.5 Å². The smallest absolute Gasteiger partial charge is 0.131 e. The van der Waals surface area contributed by atoms with Crippen LogP contribution in [0, 0.1) is 18.6 Å². The summed E-state index contributed by atoms with van der Waals surface area (Å²) in [6, 6.07) is 21.1. The van der Waals surface area contributed by atoms with Crippen LogP contribution in [-0.4, -0.2) is 17.7 Å². The number of nitrogens with one attached hydrogen (secondary N) is 1. The van der Waals surface area contributed by atoms with Crippen molar-refractivity contribution in [2.75, 3.05) is 6.54 Å². The first-order chi connectivity index (χ1) is 19.0. The number of allylic oxidation sites excluding steroid dienone is 1. The summed E-state index contributed by atoms with van der Waals surface area (Å²) in [5.41, 5.74) is 6.91. The van der Waals surface area contributed by atoms with Gasteiger partial charge in [0.25, 0.3) is 0 Å². The lowest BCUT2D eigenvalue weighted by Gasteiger charge is -2.16. The molecule has 0 aliphatic carbocycles. The minimum absolute atomic E-state index is 0.245. The maximum atomic E-state index is 13.5. The minimum Gasteiger partial charge on any atom is -0.457 e. The first-order valence-corrected chi connectivity index (χ1v) is 12.9. The molecule has 0 fully saturated rings. The zero-order valence-electron chi connectivity index (χ0n) is 22.3. The van der Waals surface area contributed by atoms with Crippen molar-refractivity contribution >= 4 is 17.5 Å². The summed E-state index contributed by atoms with van der Waals surface area (Å²) in [6.45, 7) is 11.0. The summed E-state index contributed by atoms with van der Waals surface area (Å²) < 4.78 is 33.2. The van der Waals surface area contributed by atoms with Gasteiger partial charge in [-0.2, -0.15) is 0 Å². The van der Waals surface area contributed by atoms with Crippen molar-refractivity contribution in [2.45, 2.75) is 27.3 Å². The van der Waals surface area contributed by atoms with Gasteiger partial charge in [0.1, 0.15) is 23.1 Å². The van der Waals surface area contributed by atoms with Gasteiger partial charge in [-0.25, -0.2) is 8.78 Å². The van der Waals surface area contributed by atoms with Gasteiger partial charge in [-0.1, -0.05) is 62.9 Å². The summed E-state index contributed by atoms with van der Waals surface area (Å²) >= 11 is 0. The Morgan fingerprint density at radius 3 is 2.36 bits per heavy atom. The van der Waals surface area contributed by atoms with E-state index in [1.807, 2.05) is 69.5 Å². The van der Waals surface area contributed by atoms with Crippen LogP contribution in [0.3, 0.4) is 0 Å². The Balaban J connectivity index is 0.00000172. The monoisotopic (exact) mass is 523 g/mol. The van der Waals surface area contributed by atoms with Crippen molar-refractivity contribution in [1.29, 1.82) is 0 Å². The minimum atomic E-state index is -0.609. The first kappa shape index (κ1) is 27.5. The molecule has 0 spiro atoms. The summed E-state index contributed by atoms with van der Waals surface area (Å²) in [5, 5.41) is 3.15. The Labute approximate surface area is 228 Å². The number of aromatic nitrogens is 1. The van der Waals surface area contributed by atoms with E-state index in [2.05, 4.69) is 40.1 Å². The molecular weight excluding hydrogens is 492 g/mol. The molecule has 0 saturated carbocycles. The van der Waals surface area contributed by atoms with Crippen LogP contribution < -0.4 is 10.1 Å². The summed E-state index contributed by atoms with van der Waals surface area (Å²) in [7, 11) is 0. The Hall–Kier alpha value is -4.58. The van der Waals surface area contributed by atoms with Crippen molar-refractivity contribution in [1.82, 2.24) is 10.3 Å². The summed E-state index contributed by atoms with van der Waals surface area (Å²) in [6.07, 6.45) is 5.72. The lowest BCUT2D eigenvalue weighted by molar-refractivity contribution is 0.478. The predicted molar refractivity (Wildman–Crippen MR) is 156 cm³/mol. The largest absolute Gasteiger partial charge is 0.457 e. The van der Waals surface area contributed by atoms with Crippen LogP contribution in [-0.2, 0) is 6.54 Å².